The van der Waals surface area contributed by atoms with E-state index in [4.69, 9.17) is 5.73 Å². The van der Waals surface area contributed by atoms with Crippen LogP contribution in [0.2, 0.25) is 0 Å². The van der Waals surface area contributed by atoms with Crippen LogP contribution in [0.5, 0.6) is 0 Å². The summed E-state index contributed by atoms with van der Waals surface area (Å²) in [6.07, 6.45) is 2.00. The number of methoxy groups -OCH3 is 1. The molecule has 4 heteroatoms. The lowest BCUT2D eigenvalue weighted by Gasteiger charge is -2.09. The van der Waals surface area contributed by atoms with Gasteiger partial charge >= 0.3 is 5.97 Å². The fourth-order valence-electron chi connectivity index (χ4n) is 1.40. The normalized spacial score (nSPS) is 11.4. The zero-order chi connectivity index (χ0) is 11.1. The van der Waals surface area contributed by atoms with Crippen molar-refractivity contribution < 1.29 is 9.53 Å². The molecule has 0 saturated heterocycles. The third-order valence-corrected chi connectivity index (χ3v) is 2.30. The van der Waals surface area contributed by atoms with E-state index in [9.17, 15) is 4.79 Å². The predicted octanol–water partition coefficient (Wildman–Crippen LogP) is 1.93. The molecule has 0 aromatic heterocycles. The molecule has 0 radical (unpaired) electrons. The summed E-state index contributed by atoms with van der Waals surface area (Å²) in [6.45, 7) is 0. The van der Waals surface area contributed by atoms with E-state index in [2.05, 4.69) is 16.9 Å². The fraction of sp³-hybridized carbons (Fsp3) is 0.417. The first-order valence-corrected chi connectivity index (χ1v) is 5.08. The number of halogens is 1. The van der Waals surface area contributed by atoms with Crippen LogP contribution in [-0.2, 0) is 16.0 Å². The lowest BCUT2D eigenvalue weighted by Crippen LogP contribution is -2.25. The van der Waals surface area contributed by atoms with E-state index in [-0.39, 0.29) is 24.4 Å². The predicted molar refractivity (Wildman–Crippen MR) is 66.6 cm³/mol. The molecule has 0 saturated carbocycles. The molecule has 0 heterocycles. The summed E-state index contributed by atoms with van der Waals surface area (Å²) in [4.78, 5) is 10.9. The molecule has 1 aromatic rings. The fourth-order valence-corrected chi connectivity index (χ4v) is 1.40. The number of nitrogens with two attached hydrogens (primary N) is 1. The number of carbonyl (C=O) groups is 1. The zero-order valence-corrected chi connectivity index (χ0v) is 10.2. The van der Waals surface area contributed by atoms with Gasteiger partial charge in [0.1, 0.15) is 0 Å². The Bertz CT molecular complexity index is 303. The first-order chi connectivity index (χ1) is 7.22. The highest BCUT2D eigenvalue weighted by atomic mass is 35.5. The molecule has 0 fully saturated rings. The molecule has 1 atom stereocenters. The average Bonchev–Trinajstić information content (AvgIpc) is 2.27. The van der Waals surface area contributed by atoms with Crippen molar-refractivity contribution in [2.24, 2.45) is 5.73 Å². The molecular formula is C12H18ClNO2. The smallest absolute Gasteiger partial charge is 0.307 e. The Balaban J connectivity index is 0.00000225. The SMILES string of the molecule is COC(=O)C[C@@H](N)CCc1ccccc1.Cl. The Morgan fingerprint density at radius 3 is 2.56 bits per heavy atom. The summed E-state index contributed by atoms with van der Waals surface area (Å²) in [5.41, 5.74) is 7.05. The highest BCUT2D eigenvalue weighted by Gasteiger charge is 2.09. The topological polar surface area (TPSA) is 52.3 Å². The summed E-state index contributed by atoms with van der Waals surface area (Å²) in [7, 11) is 1.38. The van der Waals surface area contributed by atoms with Crippen molar-refractivity contribution in [3.05, 3.63) is 35.9 Å². The number of hydrogen-bond donors (Lipinski definition) is 1. The van der Waals surface area contributed by atoms with Crippen LogP contribution in [0, 0.1) is 0 Å². The van der Waals surface area contributed by atoms with Gasteiger partial charge in [0.25, 0.3) is 0 Å². The molecule has 2 N–H and O–H groups in total. The van der Waals surface area contributed by atoms with Crippen molar-refractivity contribution >= 4 is 18.4 Å². The molecule has 0 amide bonds. The van der Waals surface area contributed by atoms with Gasteiger partial charge in [-0.1, -0.05) is 30.3 Å². The van der Waals surface area contributed by atoms with Crippen LogP contribution < -0.4 is 5.73 Å². The third kappa shape index (κ3) is 5.73. The number of benzene rings is 1. The van der Waals surface area contributed by atoms with Gasteiger partial charge in [-0.3, -0.25) is 4.79 Å². The molecular weight excluding hydrogens is 226 g/mol. The largest absolute Gasteiger partial charge is 0.469 e. The van der Waals surface area contributed by atoms with Crippen LogP contribution in [0.4, 0.5) is 0 Å². The van der Waals surface area contributed by atoms with E-state index in [0.717, 1.165) is 12.8 Å². The zero-order valence-electron chi connectivity index (χ0n) is 9.39. The van der Waals surface area contributed by atoms with Gasteiger partial charge in [-0.15, -0.1) is 12.4 Å². The number of hydrogen-bond acceptors (Lipinski definition) is 3. The average molecular weight is 244 g/mol. The molecule has 0 aliphatic carbocycles. The van der Waals surface area contributed by atoms with Gasteiger partial charge in [0, 0.05) is 6.04 Å². The first-order valence-electron chi connectivity index (χ1n) is 5.08. The Hall–Kier alpha value is -1.06. The summed E-state index contributed by atoms with van der Waals surface area (Å²) in [5, 5.41) is 0. The molecule has 1 rings (SSSR count). The first kappa shape index (κ1) is 14.9. The molecule has 3 nitrogen and oxygen atoms in total. The highest BCUT2D eigenvalue weighted by Crippen LogP contribution is 2.06. The number of ether oxygens (including phenoxy) is 1. The number of carbonyl (C=O) groups excluding carboxylic acids is 1. The van der Waals surface area contributed by atoms with E-state index in [1.54, 1.807) is 0 Å². The third-order valence-electron chi connectivity index (χ3n) is 2.30. The Kier molecular flexibility index (Phi) is 7.60. The summed E-state index contributed by atoms with van der Waals surface area (Å²) >= 11 is 0. The highest BCUT2D eigenvalue weighted by molar-refractivity contribution is 5.85. The number of aryl methyl sites for hydroxylation is 1. The number of esters is 1. The van der Waals surface area contributed by atoms with Gasteiger partial charge < -0.3 is 10.5 Å². The molecule has 16 heavy (non-hydrogen) atoms. The van der Waals surface area contributed by atoms with Gasteiger partial charge in [0.05, 0.1) is 13.5 Å². The second-order valence-corrected chi connectivity index (χ2v) is 3.56. The van der Waals surface area contributed by atoms with Crippen LogP contribution in [0.1, 0.15) is 18.4 Å². The maximum Gasteiger partial charge on any atom is 0.307 e. The van der Waals surface area contributed by atoms with Crippen LogP contribution in [0.3, 0.4) is 0 Å². The summed E-state index contributed by atoms with van der Waals surface area (Å²) < 4.78 is 4.55. The van der Waals surface area contributed by atoms with Crippen molar-refractivity contribution in [2.45, 2.75) is 25.3 Å². The van der Waals surface area contributed by atoms with E-state index in [1.165, 1.54) is 12.7 Å². The van der Waals surface area contributed by atoms with Crippen molar-refractivity contribution in [2.75, 3.05) is 7.11 Å². The quantitative estimate of drug-likeness (QED) is 0.804. The molecule has 0 bridgehead atoms. The second kappa shape index (κ2) is 8.13. The molecule has 0 aliphatic rings. The summed E-state index contributed by atoms with van der Waals surface area (Å²) in [5.74, 6) is -0.240. The van der Waals surface area contributed by atoms with Crippen molar-refractivity contribution in [3.63, 3.8) is 0 Å². The molecule has 0 unspecified atom stereocenters. The number of rotatable bonds is 5. The van der Waals surface area contributed by atoms with Gasteiger partial charge in [-0.25, -0.2) is 0 Å². The van der Waals surface area contributed by atoms with Crippen LogP contribution >= 0.6 is 12.4 Å². The Morgan fingerprint density at radius 2 is 2.00 bits per heavy atom. The molecule has 0 spiro atoms. The van der Waals surface area contributed by atoms with Crippen LogP contribution in [-0.4, -0.2) is 19.1 Å². The Morgan fingerprint density at radius 1 is 1.38 bits per heavy atom. The van der Waals surface area contributed by atoms with E-state index in [0.29, 0.717) is 6.42 Å². The minimum absolute atomic E-state index is 0. The van der Waals surface area contributed by atoms with Crippen LogP contribution in [0.25, 0.3) is 0 Å². The monoisotopic (exact) mass is 243 g/mol. The Labute approximate surface area is 102 Å². The van der Waals surface area contributed by atoms with Crippen molar-refractivity contribution in [3.8, 4) is 0 Å². The standard InChI is InChI=1S/C12H17NO2.ClH/c1-15-12(14)9-11(13)8-7-10-5-3-2-4-6-10;/h2-6,11H,7-9,13H2,1H3;1H/t11-;/m0./s1. The molecule has 90 valence electrons. The lowest BCUT2D eigenvalue weighted by atomic mass is 10.0. The van der Waals surface area contributed by atoms with Crippen molar-refractivity contribution in [1.82, 2.24) is 0 Å². The maximum atomic E-state index is 10.9. The van der Waals surface area contributed by atoms with E-state index < -0.39 is 0 Å². The maximum absolute atomic E-state index is 10.9. The van der Waals surface area contributed by atoms with E-state index >= 15 is 0 Å². The van der Waals surface area contributed by atoms with Gasteiger partial charge in [0.15, 0.2) is 0 Å². The molecule has 1 aromatic carbocycles. The molecule has 0 aliphatic heterocycles. The van der Waals surface area contributed by atoms with Gasteiger partial charge in [-0.2, -0.15) is 0 Å². The van der Waals surface area contributed by atoms with E-state index in [1.807, 2.05) is 18.2 Å². The minimum atomic E-state index is -0.240. The lowest BCUT2D eigenvalue weighted by molar-refractivity contribution is -0.141. The summed E-state index contributed by atoms with van der Waals surface area (Å²) in [6, 6.07) is 9.99. The second-order valence-electron chi connectivity index (χ2n) is 3.56. The van der Waals surface area contributed by atoms with Crippen LogP contribution in [0.15, 0.2) is 30.3 Å². The minimum Gasteiger partial charge on any atom is -0.469 e. The van der Waals surface area contributed by atoms with Gasteiger partial charge in [0.2, 0.25) is 0 Å². The van der Waals surface area contributed by atoms with Crippen molar-refractivity contribution in [1.29, 1.82) is 0 Å². The van der Waals surface area contributed by atoms with Gasteiger partial charge in [-0.05, 0) is 18.4 Å².